The lowest BCUT2D eigenvalue weighted by Gasteiger charge is -2.36. The summed E-state index contributed by atoms with van der Waals surface area (Å²) in [7, 11) is 2.05. The van der Waals surface area contributed by atoms with Crippen LogP contribution in [0.2, 0.25) is 0 Å². The summed E-state index contributed by atoms with van der Waals surface area (Å²) in [5, 5.41) is 9.72. The van der Waals surface area contributed by atoms with E-state index in [0.717, 1.165) is 32.5 Å². The van der Waals surface area contributed by atoms with E-state index < -0.39 is 5.82 Å². The van der Waals surface area contributed by atoms with Crippen LogP contribution in [0.3, 0.4) is 0 Å². The Bertz CT molecular complexity index is 417. The molecule has 0 amide bonds. The average molecular weight is 266 g/mol. The van der Waals surface area contributed by atoms with Gasteiger partial charge in [-0.15, -0.1) is 0 Å². The number of aromatic hydroxyl groups is 1. The van der Waals surface area contributed by atoms with Crippen molar-refractivity contribution in [1.29, 1.82) is 0 Å². The number of likely N-dealkylation sites (tertiary alicyclic amines) is 1. The van der Waals surface area contributed by atoms with Gasteiger partial charge in [0, 0.05) is 18.2 Å². The van der Waals surface area contributed by atoms with Crippen LogP contribution in [0.4, 0.5) is 4.39 Å². The van der Waals surface area contributed by atoms with Gasteiger partial charge in [-0.25, -0.2) is 4.39 Å². The Kier molecular flexibility index (Phi) is 4.77. The first-order valence-corrected chi connectivity index (χ1v) is 7.00. The van der Waals surface area contributed by atoms with Crippen molar-refractivity contribution >= 4 is 0 Å². The van der Waals surface area contributed by atoms with Crippen molar-refractivity contribution in [3.8, 4) is 5.75 Å². The minimum atomic E-state index is -0.535. The second kappa shape index (κ2) is 6.35. The van der Waals surface area contributed by atoms with Crippen LogP contribution in [0.5, 0.6) is 5.75 Å². The molecule has 1 aromatic rings. The minimum Gasteiger partial charge on any atom is -0.505 e. The number of phenolic OH excluding ortho intramolecular Hbond substituents is 1. The van der Waals surface area contributed by atoms with Crippen molar-refractivity contribution in [1.82, 2.24) is 9.80 Å². The highest BCUT2D eigenvalue weighted by molar-refractivity contribution is 5.33. The number of halogens is 1. The highest BCUT2D eigenvalue weighted by Crippen LogP contribution is 2.24. The van der Waals surface area contributed by atoms with E-state index in [9.17, 15) is 9.50 Å². The van der Waals surface area contributed by atoms with Crippen LogP contribution in [0, 0.1) is 5.82 Å². The molecular weight excluding hydrogens is 243 g/mol. The number of rotatable bonds is 4. The van der Waals surface area contributed by atoms with Crippen LogP contribution >= 0.6 is 0 Å². The van der Waals surface area contributed by atoms with Crippen LogP contribution in [0.25, 0.3) is 0 Å². The third-order valence-electron chi connectivity index (χ3n) is 4.12. The van der Waals surface area contributed by atoms with Gasteiger partial charge in [-0.3, -0.25) is 4.90 Å². The molecule has 1 aliphatic rings. The lowest BCUT2D eigenvalue weighted by Crippen LogP contribution is -2.42. The Morgan fingerprint density at radius 3 is 2.68 bits per heavy atom. The monoisotopic (exact) mass is 266 g/mol. The third kappa shape index (κ3) is 3.45. The number of piperidine rings is 1. The van der Waals surface area contributed by atoms with Crippen LogP contribution in [0.1, 0.15) is 25.3 Å². The van der Waals surface area contributed by atoms with Gasteiger partial charge in [0.1, 0.15) is 0 Å². The molecule has 106 valence electrons. The number of phenols is 1. The number of benzene rings is 1. The molecule has 1 fully saturated rings. The van der Waals surface area contributed by atoms with Crippen LogP contribution < -0.4 is 0 Å². The van der Waals surface area contributed by atoms with Gasteiger partial charge >= 0.3 is 0 Å². The fraction of sp³-hybridized carbons (Fsp3) is 0.600. The van der Waals surface area contributed by atoms with Crippen molar-refractivity contribution < 1.29 is 9.50 Å². The van der Waals surface area contributed by atoms with Crippen molar-refractivity contribution in [3.63, 3.8) is 0 Å². The van der Waals surface area contributed by atoms with Gasteiger partial charge in [0.2, 0.25) is 0 Å². The summed E-state index contributed by atoms with van der Waals surface area (Å²) in [6.45, 7) is 6.15. The molecule has 0 bridgehead atoms. The van der Waals surface area contributed by atoms with Gasteiger partial charge in [0.05, 0.1) is 0 Å². The molecule has 4 heteroatoms. The lowest BCUT2D eigenvalue weighted by atomic mass is 10.0. The van der Waals surface area contributed by atoms with Gasteiger partial charge in [-0.1, -0.05) is 19.1 Å². The van der Waals surface area contributed by atoms with E-state index in [1.165, 1.54) is 6.07 Å². The van der Waals surface area contributed by atoms with E-state index in [0.29, 0.717) is 18.2 Å². The average Bonchev–Trinajstić information content (AvgIpc) is 2.44. The summed E-state index contributed by atoms with van der Waals surface area (Å²) >= 11 is 0. The zero-order chi connectivity index (χ0) is 13.8. The Labute approximate surface area is 114 Å². The highest BCUT2D eigenvalue weighted by atomic mass is 19.1. The van der Waals surface area contributed by atoms with Crippen LogP contribution in [-0.2, 0) is 6.54 Å². The van der Waals surface area contributed by atoms with Gasteiger partial charge in [0.15, 0.2) is 11.6 Å². The minimum absolute atomic E-state index is 0.208. The van der Waals surface area contributed by atoms with Gasteiger partial charge in [0.25, 0.3) is 0 Å². The standard InChI is InChI=1S/C15H23FN2O/c1-3-18-9-7-13(8-10-18)17(2)11-12-5-4-6-14(16)15(12)19/h4-6,13,19H,3,7-11H2,1-2H3. The summed E-state index contributed by atoms with van der Waals surface area (Å²) < 4.78 is 13.3. The zero-order valence-corrected chi connectivity index (χ0v) is 11.8. The molecule has 1 N–H and O–H groups in total. The van der Waals surface area contributed by atoms with Gasteiger partial charge in [-0.05, 0) is 45.6 Å². The molecule has 1 aromatic carbocycles. The Morgan fingerprint density at radius 1 is 1.37 bits per heavy atom. The smallest absolute Gasteiger partial charge is 0.165 e. The van der Waals surface area contributed by atoms with Crippen LogP contribution in [0.15, 0.2) is 18.2 Å². The molecule has 3 nitrogen and oxygen atoms in total. The quantitative estimate of drug-likeness (QED) is 0.907. The normalized spacial score (nSPS) is 18.1. The third-order valence-corrected chi connectivity index (χ3v) is 4.12. The fourth-order valence-corrected chi connectivity index (χ4v) is 2.76. The van der Waals surface area contributed by atoms with Crippen molar-refractivity contribution in [3.05, 3.63) is 29.6 Å². The van der Waals surface area contributed by atoms with E-state index in [1.807, 2.05) is 0 Å². The van der Waals surface area contributed by atoms with E-state index in [-0.39, 0.29) is 5.75 Å². The Morgan fingerprint density at radius 2 is 2.05 bits per heavy atom. The van der Waals surface area contributed by atoms with Gasteiger partial charge in [-0.2, -0.15) is 0 Å². The summed E-state index contributed by atoms with van der Waals surface area (Å²) in [6.07, 6.45) is 2.28. The largest absolute Gasteiger partial charge is 0.505 e. The predicted molar refractivity (Wildman–Crippen MR) is 74.7 cm³/mol. The Hall–Kier alpha value is -1.13. The van der Waals surface area contributed by atoms with Gasteiger partial charge < -0.3 is 10.0 Å². The maximum Gasteiger partial charge on any atom is 0.165 e. The van der Waals surface area contributed by atoms with E-state index in [2.05, 4.69) is 23.8 Å². The highest BCUT2D eigenvalue weighted by Gasteiger charge is 2.22. The van der Waals surface area contributed by atoms with E-state index in [1.54, 1.807) is 12.1 Å². The fourth-order valence-electron chi connectivity index (χ4n) is 2.76. The number of para-hydroxylation sites is 1. The molecule has 0 aromatic heterocycles. The maximum absolute atomic E-state index is 13.3. The number of hydrogen-bond acceptors (Lipinski definition) is 3. The first kappa shape index (κ1) is 14.3. The SMILES string of the molecule is CCN1CCC(N(C)Cc2cccc(F)c2O)CC1. The summed E-state index contributed by atoms with van der Waals surface area (Å²) in [5.74, 6) is -0.743. The molecule has 0 aliphatic carbocycles. The molecule has 1 saturated heterocycles. The second-order valence-corrected chi connectivity index (χ2v) is 5.33. The Balaban J connectivity index is 1.94. The molecule has 0 saturated carbocycles. The molecule has 0 radical (unpaired) electrons. The molecular formula is C15H23FN2O. The molecule has 19 heavy (non-hydrogen) atoms. The molecule has 0 atom stereocenters. The molecule has 0 unspecified atom stereocenters. The molecule has 1 aliphatic heterocycles. The molecule has 2 rings (SSSR count). The lowest BCUT2D eigenvalue weighted by molar-refractivity contribution is 0.126. The molecule has 1 heterocycles. The second-order valence-electron chi connectivity index (χ2n) is 5.33. The first-order chi connectivity index (χ1) is 9.11. The topological polar surface area (TPSA) is 26.7 Å². The van der Waals surface area contributed by atoms with Crippen molar-refractivity contribution in [2.24, 2.45) is 0 Å². The van der Waals surface area contributed by atoms with Crippen molar-refractivity contribution in [2.45, 2.75) is 32.4 Å². The van der Waals surface area contributed by atoms with E-state index in [4.69, 9.17) is 0 Å². The predicted octanol–water partition coefficient (Wildman–Crippen LogP) is 2.45. The van der Waals surface area contributed by atoms with E-state index >= 15 is 0 Å². The van der Waals surface area contributed by atoms with Crippen molar-refractivity contribution in [2.75, 3.05) is 26.7 Å². The number of hydrogen-bond donors (Lipinski definition) is 1. The molecule has 0 spiro atoms. The van der Waals surface area contributed by atoms with Crippen LogP contribution in [-0.4, -0.2) is 47.6 Å². The number of nitrogens with zero attached hydrogens (tertiary/aromatic N) is 2. The maximum atomic E-state index is 13.3. The summed E-state index contributed by atoms with van der Waals surface area (Å²) in [5.41, 5.74) is 0.667. The summed E-state index contributed by atoms with van der Waals surface area (Å²) in [6, 6.07) is 5.25. The summed E-state index contributed by atoms with van der Waals surface area (Å²) in [4.78, 5) is 4.67. The first-order valence-electron chi connectivity index (χ1n) is 7.00. The zero-order valence-electron chi connectivity index (χ0n) is 11.8.